The molecule has 1 aromatic carbocycles. The van der Waals surface area contributed by atoms with Crippen molar-refractivity contribution in [1.82, 2.24) is 5.43 Å². The Morgan fingerprint density at radius 1 is 1.25 bits per heavy atom. The molecule has 1 unspecified atom stereocenters. The lowest BCUT2D eigenvalue weighted by atomic mass is 9.79. The number of benzene rings is 1. The zero-order valence-corrected chi connectivity index (χ0v) is 11.4. The van der Waals surface area contributed by atoms with Crippen molar-refractivity contribution in [2.75, 3.05) is 0 Å². The smallest absolute Gasteiger partial charge is 0.248 e. The largest absolute Gasteiger partial charge is 0.271 e. The topological polar surface area (TPSA) is 38.0 Å². The Morgan fingerprint density at radius 3 is 2.40 bits per heavy atom. The molecule has 0 aromatic heterocycles. The van der Waals surface area contributed by atoms with E-state index in [1.165, 1.54) is 6.07 Å². The molecule has 1 aromatic rings. The molecule has 1 saturated carbocycles. The Labute approximate surface area is 119 Å². The Kier molecular flexibility index (Phi) is 4.56. The second-order valence-corrected chi connectivity index (χ2v) is 5.50. The summed E-state index contributed by atoms with van der Waals surface area (Å²) in [7, 11) is 0. The number of alkyl halides is 2. The van der Waals surface area contributed by atoms with Gasteiger partial charge in [-0.25, -0.2) is 17.6 Å². The van der Waals surface area contributed by atoms with Gasteiger partial charge < -0.3 is 0 Å². The first-order valence-electron chi connectivity index (χ1n) is 6.33. The van der Waals surface area contributed by atoms with Gasteiger partial charge in [0.25, 0.3) is 0 Å². The standard InChI is InChI=1S/C13H15ClF4N2/c14-8-1-2-9(15)11(16)10(8)12(20-19)7-3-5-13(17,18)6-4-7/h1-2,7,12,20H,3-6,19H2. The van der Waals surface area contributed by atoms with Crippen LogP contribution >= 0.6 is 11.6 Å². The highest BCUT2D eigenvalue weighted by atomic mass is 35.5. The molecule has 0 amide bonds. The van der Waals surface area contributed by atoms with E-state index in [1.807, 2.05) is 0 Å². The van der Waals surface area contributed by atoms with Gasteiger partial charge in [0, 0.05) is 23.4 Å². The lowest BCUT2D eigenvalue weighted by Gasteiger charge is -2.34. The Bertz CT molecular complexity index is 486. The minimum absolute atomic E-state index is 0.0317. The maximum atomic E-state index is 13.9. The molecular weight excluding hydrogens is 296 g/mol. The number of hydrazine groups is 1. The van der Waals surface area contributed by atoms with E-state index in [-0.39, 0.29) is 42.2 Å². The zero-order chi connectivity index (χ0) is 14.9. The van der Waals surface area contributed by atoms with Crippen molar-refractivity contribution < 1.29 is 17.6 Å². The van der Waals surface area contributed by atoms with Crippen LogP contribution in [0.15, 0.2) is 12.1 Å². The van der Waals surface area contributed by atoms with E-state index in [9.17, 15) is 17.6 Å². The Hall–Kier alpha value is -0.850. The quantitative estimate of drug-likeness (QED) is 0.384. The lowest BCUT2D eigenvalue weighted by molar-refractivity contribution is -0.0499. The number of rotatable bonds is 3. The summed E-state index contributed by atoms with van der Waals surface area (Å²) in [5, 5.41) is 0.0317. The van der Waals surface area contributed by atoms with Crippen LogP contribution in [0.3, 0.4) is 0 Å². The number of halogens is 5. The molecular formula is C13H15ClF4N2. The van der Waals surface area contributed by atoms with Crippen LogP contribution in [0.4, 0.5) is 17.6 Å². The highest BCUT2D eigenvalue weighted by molar-refractivity contribution is 6.31. The number of hydrogen-bond acceptors (Lipinski definition) is 2. The van der Waals surface area contributed by atoms with Crippen LogP contribution in [0.1, 0.15) is 37.3 Å². The highest BCUT2D eigenvalue weighted by Crippen LogP contribution is 2.43. The van der Waals surface area contributed by atoms with E-state index in [2.05, 4.69) is 5.43 Å². The van der Waals surface area contributed by atoms with Crippen molar-refractivity contribution in [2.45, 2.75) is 37.6 Å². The van der Waals surface area contributed by atoms with Crippen LogP contribution in [0.5, 0.6) is 0 Å². The molecule has 1 fully saturated rings. The van der Waals surface area contributed by atoms with Crippen LogP contribution in [-0.4, -0.2) is 5.92 Å². The number of nitrogens with two attached hydrogens (primary N) is 1. The predicted octanol–water partition coefficient (Wildman–Crippen LogP) is 3.95. The summed E-state index contributed by atoms with van der Waals surface area (Å²) in [4.78, 5) is 0. The molecule has 112 valence electrons. The summed E-state index contributed by atoms with van der Waals surface area (Å²) < 4.78 is 53.5. The molecule has 0 radical (unpaired) electrons. The summed E-state index contributed by atoms with van der Waals surface area (Å²) >= 11 is 5.90. The van der Waals surface area contributed by atoms with Crippen LogP contribution in [0.25, 0.3) is 0 Å². The molecule has 0 heterocycles. The molecule has 3 N–H and O–H groups in total. The van der Waals surface area contributed by atoms with Crippen molar-refractivity contribution in [3.8, 4) is 0 Å². The van der Waals surface area contributed by atoms with Gasteiger partial charge in [-0.1, -0.05) is 11.6 Å². The third-order valence-corrected chi connectivity index (χ3v) is 4.13. The lowest BCUT2D eigenvalue weighted by Crippen LogP contribution is -2.38. The molecule has 2 nitrogen and oxygen atoms in total. The maximum Gasteiger partial charge on any atom is 0.248 e. The summed E-state index contributed by atoms with van der Waals surface area (Å²) in [6.45, 7) is 0. The zero-order valence-electron chi connectivity index (χ0n) is 10.6. The minimum Gasteiger partial charge on any atom is -0.271 e. The fourth-order valence-corrected chi connectivity index (χ4v) is 2.94. The molecule has 20 heavy (non-hydrogen) atoms. The van der Waals surface area contributed by atoms with Gasteiger partial charge in [0.05, 0.1) is 6.04 Å². The van der Waals surface area contributed by atoms with Crippen LogP contribution in [0, 0.1) is 17.6 Å². The summed E-state index contributed by atoms with van der Waals surface area (Å²) in [5.41, 5.74) is 2.30. The van der Waals surface area contributed by atoms with Gasteiger partial charge in [0.2, 0.25) is 5.92 Å². The van der Waals surface area contributed by atoms with E-state index in [4.69, 9.17) is 17.4 Å². The second-order valence-electron chi connectivity index (χ2n) is 5.09. The van der Waals surface area contributed by atoms with Crippen molar-refractivity contribution in [3.63, 3.8) is 0 Å². The maximum absolute atomic E-state index is 13.9. The van der Waals surface area contributed by atoms with Crippen molar-refractivity contribution in [1.29, 1.82) is 0 Å². The first kappa shape index (κ1) is 15.5. The first-order valence-corrected chi connectivity index (χ1v) is 6.71. The van der Waals surface area contributed by atoms with Gasteiger partial charge in [0.15, 0.2) is 11.6 Å². The minimum atomic E-state index is -2.69. The third kappa shape index (κ3) is 3.07. The third-order valence-electron chi connectivity index (χ3n) is 3.80. The first-order chi connectivity index (χ1) is 9.35. The molecule has 0 spiro atoms. The SMILES string of the molecule is NNC(c1c(Cl)ccc(F)c1F)C1CCC(F)(F)CC1. The van der Waals surface area contributed by atoms with Crippen LogP contribution in [0.2, 0.25) is 5.02 Å². The molecule has 7 heteroatoms. The molecule has 0 aliphatic heterocycles. The predicted molar refractivity (Wildman–Crippen MR) is 68.3 cm³/mol. The van der Waals surface area contributed by atoms with E-state index in [0.717, 1.165) is 6.07 Å². The van der Waals surface area contributed by atoms with Crippen molar-refractivity contribution in [3.05, 3.63) is 34.4 Å². The van der Waals surface area contributed by atoms with Gasteiger partial charge >= 0.3 is 0 Å². The molecule has 0 saturated heterocycles. The number of hydrogen-bond donors (Lipinski definition) is 2. The highest BCUT2D eigenvalue weighted by Gasteiger charge is 2.39. The average molecular weight is 311 g/mol. The van der Waals surface area contributed by atoms with E-state index >= 15 is 0 Å². The molecule has 0 bridgehead atoms. The van der Waals surface area contributed by atoms with Gasteiger partial charge in [-0.3, -0.25) is 11.3 Å². The molecule has 2 rings (SSSR count). The van der Waals surface area contributed by atoms with Crippen molar-refractivity contribution in [2.24, 2.45) is 11.8 Å². The van der Waals surface area contributed by atoms with Gasteiger partial charge in [0.1, 0.15) is 0 Å². The summed E-state index contributed by atoms with van der Waals surface area (Å²) in [6, 6.07) is 1.37. The van der Waals surface area contributed by atoms with E-state index in [1.54, 1.807) is 0 Å². The van der Waals surface area contributed by atoms with Crippen LogP contribution in [-0.2, 0) is 0 Å². The number of nitrogens with one attached hydrogen (secondary N) is 1. The fourth-order valence-electron chi connectivity index (χ4n) is 2.68. The fraction of sp³-hybridized carbons (Fsp3) is 0.538. The normalized spacial score (nSPS) is 20.9. The van der Waals surface area contributed by atoms with Crippen LogP contribution < -0.4 is 11.3 Å². The van der Waals surface area contributed by atoms with Gasteiger partial charge in [-0.05, 0) is 30.9 Å². The second kappa shape index (κ2) is 5.87. The monoisotopic (exact) mass is 310 g/mol. The van der Waals surface area contributed by atoms with E-state index in [0.29, 0.717) is 0 Å². The Balaban J connectivity index is 2.28. The average Bonchev–Trinajstić information content (AvgIpc) is 2.40. The molecule has 1 aliphatic carbocycles. The molecule has 1 aliphatic rings. The molecule has 1 atom stereocenters. The summed E-state index contributed by atoms with van der Waals surface area (Å²) in [5.74, 6) is 0.278. The Morgan fingerprint density at radius 2 is 1.85 bits per heavy atom. The van der Waals surface area contributed by atoms with E-state index < -0.39 is 23.6 Å². The van der Waals surface area contributed by atoms with Crippen molar-refractivity contribution >= 4 is 11.6 Å². The van der Waals surface area contributed by atoms with Gasteiger partial charge in [-0.2, -0.15) is 0 Å². The van der Waals surface area contributed by atoms with Gasteiger partial charge in [-0.15, -0.1) is 0 Å². The summed E-state index contributed by atoms with van der Waals surface area (Å²) in [6.07, 6.45) is -0.225.